The summed E-state index contributed by atoms with van der Waals surface area (Å²) in [6.45, 7) is 4.33. The van der Waals surface area contributed by atoms with Gasteiger partial charge in [-0.15, -0.1) is 0 Å². The first-order valence-corrected chi connectivity index (χ1v) is 8.83. The summed E-state index contributed by atoms with van der Waals surface area (Å²) in [5.41, 5.74) is 0. The molecule has 6 nitrogen and oxygen atoms in total. The van der Waals surface area contributed by atoms with E-state index in [1.54, 1.807) is 7.05 Å². The second-order valence-corrected chi connectivity index (χ2v) is 7.65. The van der Waals surface area contributed by atoms with Gasteiger partial charge in [-0.05, 0) is 13.8 Å². The Morgan fingerprint density at radius 3 is 2.36 bits per heavy atom. The topological polar surface area (TPSA) is 72.9 Å². The largest absolute Gasteiger partial charge is 0.486 e. The zero-order valence-electron chi connectivity index (χ0n) is 12.6. The Balaban J connectivity index is 2.32. The molecule has 0 bridgehead atoms. The van der Waals surface area contributed by atoms with Crippen molar-refractivity contribution >= 4 is 27.3 Å². The van der Waals surface area contributed by atoms with E-state index in [4.69, 9.17) is 21.1 Å². The van der Waals surface area contributed by atoms with Gasteiger partial charge >= 0.3 is 0 Å². The average molecular weight is 348 g/mol. The van der Waals surface area contributed by atoms with E-state index in [-0.39, 0.29) is 16.0 Å². The van der Waals surface area contributed by atoms with Crippen molar-refractivity contribution in [2.75, 3.05) is 26.0 Å². The van der Waals surface area contributed by atoms with Crippen LogP contribution >= 0.6 is 11.6 Å². The summed E-state index contributed by atoms with van der Waals surface area (Å²) in [4.78, 5) is 13.3. The number of amides is 1. The molecule has 0 fully saturated rings. The molecule has 0 aliphatic carbocycles. The Morgan fingerprint density at radius 1 is 1.27 bits per heavy atom. The van der Waals surface area contributed by atoms with Crippen molar-refractivity contribution in [2.24, 2.45) is 0 Å². The van der Waals surface area contributed by atoms with Crippen LogP contribution in [-0.2, 0) is 14.6 Å². The van der Waals surface area contributed by atoms with E-state index in [1.165, 1.54) is 17.0 Å². The number of benzene rings is 1. The van der Waals surface area contributed by atoms with Gasteiger partial charge in [0.15, 0.2) is 21.3 Å². The molecule has 22 heavy (non-hydrogen) atoms. The van der Waals surface area contributed by atoms with Crippen molar-refractivity contribution in [3.63, 3.8) is 0 Å². The number of nitrogens with zero attached hydrogens (tertiary/aromatic N) is 1. The molecule has 0 unspecified atom stereocenters. The van der Waals surface area contributed by atoms with Crippen LogP contribution in [0.2, 0.25) is 5.02 Å². The molecule has 1 heterocycles. The van der Waals surface area contributed by atoms with Crippen LogP contribution in [0.1, 0.15) is 13.8 Å². The minimum Gasteiger partial charge on any atom is -0.486 e. The van der Waals surface area contributed by atoms with Crippen LogP contribution in [0.5, 0.6) is 11.5 Å². The third-order valence-electron chi connectivity index (χ3n) is 3.41. The third kappa shape index (κ3) is 3.47. The average Bonchev–Trinajstić information content (AvgIpc) is 2.44. The number of halogens is 1. The summed E-state index contributed by atoms with van der Waals surface area (Å²) in [5, 5.41) is 0.0178. The molecule has 2 rings (SSSR count). The first kappa shape index (κ1) is 16.9. The van der Waals surface area contributed by atoms with Crippen LogP contribution in [0.25, 0.3) is 0 Å². The maximum Gasteiger partial charge on any atom is 0.238 e. The van der Waals surface area contributed by atoms with Gasteiger partial charge in [-0.25, -0.2) is 8.42 Å². The first-order chi connectivity index (χ1) is 10.2. The van der Waals surface area contributed by atoms with Gasteiger partial charge in [0, 0.05) is 25.2 Å². The highest BCUT2D eigenvalue weighted by molar-refractivity contribution is 7.92. The van der Waals surface area contributed by atoms with Crippen LogP contribution in [0.15, 0.2) is 17.0 Å². The molecule has 0 radical (unpaired) electrons. The maximum atomic E-state index is 12.4. The lowest BCUT2D eigenvalue weighted by Crippen LogP contribution is -2.37. The number of fused-ring (bicyclic) bond motifs is 1. The van der Waals surface area contributed by atoms with E-state index >= 15 is 0 Å². The fourth-order valence-corrected chi connectivity index (χ4v) is 3.75. The van der Waals surface area contributed by atoms with Crippen LogP contribution in [0.3, 0.4) is 0 Å². The molecule has 0 spiro atoms. The second-order valence-electron chi connectivity index (χ2n) is 5.28. The highest BCUT2D eigenvalue weighted by atomic mass is 35.5. The summed E-state index contributed by atoms with van der Waals surface area (Å²) in [6, 6.07) is 2.63. The van der Waals surface area contributed by atoms with E-state index in [0.29, 0.717) is 24.7 Å². The lowest BCUT2D eigenvalue weighted by atomic mass is 10.3. The molecule has 8 heteroatoms. The quantitative estimate of drug-likeness (QED) is 0.829. The summed E-state index contributed by atoms with van der Waals surface area (Å²) in [5.74, 6) is -0.401. The van der Waals surface area contributed by atoms with Crippen LogP contribution < -0.4 is 9.47 Å². The second kappa shape index (κ2) is 6.34. The molecule has 1 aliphatic heterocycles. The Kier molecular flexibility index (Phi) is 4.87. The molecule has 1 aromatic rings. The van der Waals surface area contributed by atoms with Crippen LogP contribution in [0, 0.1) is 0 Å². The number of hydrogen-bond acceptors (Lipinski definition) is 5. The Hall–Kier alpha value is -1.47. The van der Waals surface area contributed by atoms with E-state index in [9.17, 15) is 13.2 Å². The predicted octanol–water partition coefficient (Wildman–Crippen LogP) is 1.75. The van der Waals surface area contributed by atoms with Crippen molar-refractivity contribution in [1.82, 2.24) is 4.90 Å². The minimum atomic E-state index is -3.86. The van der Waals surface area contributed by atoms with Gasteiger partial charge in [0.2, 0.25) is 5.91 Å². The fraction of sp³-hybridized carbons (Fsp3) is 0.500. The van der Waals surface area contributed by atoms with Crippen molar-refractivity contribution < 1.29 is 22.7 Å². The zero-order valence-corrected chi connectivity index (χ0v) is 14.2. The fourth-order valence-electron chi connectivity index (χ4n) is 1.91. The monoisotopic (exact) mass is 347 g/mol. The molecule has 0 saturated heterocycles. The number of sulfone groups is 1. The van der Waals surface area contributed by atoms with Crippen molar-refractivity contribution in [1.29, 1.82) is 0 Å². The minimum absolute atomic E-state index is 0.0178. The number of carbonyl (C=O) groups excluding carboxylic acids is 1. The highest BCUT2D eigenvalue weighted by Gasteiger charge is 2.27. The first-order valence-electron chi connectivity index (χ1n) is 6.80. The van der Waals surface area contributed by atoms with E-state index < -0.39 is 21.5 Å². The number of rotatable bonds is 4. The number of hydrogen-bond donors (Lipinski definition) is 0. The summed E-state index contributed by atoms with van der Waals surface area (Å²) < 4.78 is 35.6. The van der Waals surface area contributed by atoms with Crippen molar-refractivity contribution in [3.05, 3.63) is 17.2 Å². The van der Waals surface area contributed by atoms with Gasteiger partial charge in [0.05, 0.1) is 9.92 Å². The van der Waals surface area contributed by atoms with Gasteiger partial charge in [0.25, 0.3) is 0 Å². The summed E-state index contributed by atoms with van der Waals surface area (Å²) in [6.07, 6.45) is 0. The molecule has 1 aromatic carbocycles. The molecule has 1 amide bonds. The SMILES string of the molecule is CC(C)N(C)C(=O)CS(=O)(=O)c1cc2c(cc1Cl)OCCO2. The van der Waals surface area contributed by atoms with Crippen LogP contribution in [-0.4, -0.2) is 51.3 Å². The molecule has 0 saturated carbocycles. The summed E-state index contributed by atoms with van der Waals surface area (Å²) >= 11 is 6.03. The van der Waals surface area contributed by atoms with Gasteiger partial charge in [-0.2, -0.15) is 0 Å². The van der Waals surface area contributed by atoms with Gasteiger partial charge in [0.1, 0.15) is 19.0 Å². The lowest BCUT2D eigenvalue weighted by molar-refractivity contribution is -0.128. The Morgan fingerprint density at radius 2 is 1.82 bits per heavy atom. The molecule has 0 aromatic heterocycles. The standard InChI is InChI=1S/C14H18ClNO5S/c1-9(2)16(3)14(17)8-22(18,19)13-7-12-11(6-10(13)15)20-4-5-21-12/h6-7,9H,4-5,8H2,1-3H3. The van der Waals surface area contributed by atoms with E-state index in [0.717, 1.165) is 0 Å². The van der Waals surface area contributed by atoms with E-state index in [1.807, 2.05) is 13.8 Å². The predicted molar refractivity (Wildman–Crippen MR) is 82.4 cm³/mol. The smallest absolute Gasteiger partial charge is 0.238 e. The summed E-state index contributed by atoms with van der Waals surface area (Å²) in [7, 11) is -2.30. The molecule has 1 aliphatic rings. The van der Waals surface area contributed by atoms with Crippen molar-refractivity contribution in [3.8, 4) is 11.5 Å². The van der Waals surface area contributed by atoms with Gasteiger partial charge < -0.3 is 14.4 Å². The van der Waals surface area contributed by atoms with Gasteiger partial charge in [-0.3, -0.25) is 4.79 Å². The van der Waals surface area contributed by atoms with Crippen LogP contribution in [0.4, 0.5) is 0 Å². The normalized spacial score (nSPS) is 14.0. The Labute approximate surface area is 134 Å². The third-order valence-corrected chi connectivity index (χ3v) is 5.47. The number of ether oxygens (including phenoxy) is 2. The van der Waals surface area contributed by atoms with E-state index in [2.05, 4.69) is 0 Å². The number of carbonyl (C=O) groups is 1. The molecular formula is C14H18ClNO5S. The molecule has 122 valence electrons. The lowest BCUT2D eigenvalue weighted by Gasteiger charge is -2.22. The molecule has 0 atom stereocenters. The van der Waals surface area contributed by atoms with Gasteiger partial charge in [-0.1, -0.05) is 11.6 Å². The maximum absolute atomic E-state index is 12.4. The highest BCUT2D eigenvalue weighted by Crippen LogP contribution is 2.37. The molecular weight excluding hydrogens is 330 g/mol. The zero-order chi connectivity index (χ0) is 16.5. The Bertz CT molecular complexity index is 687. The molecule has 0 N–H and O–H groups in total. The van der Waals surface area contributed by atoms with Crippen molar-refractivity contribution in [2.45, 2.75) is 24.8 Å².